The van der Waals surface area contributed by atoms with Crippen molar-refractivity contribution in [1.29, 1.82) is 0 Å². The second-order valence-corrected chi connectivity index (χ2v) is 17.3. The van der Waals surface area contributed by atoms with Gasteiger partial charge in [0.15, 0.2) is 0 Å². The lowest BCUT2D eigenvalue weighted by Gasteiger charge is -2.27. The van der Waals surface area contributed by atoms with Crippen LogP contribution in [0.4, 0.5) is 0 Å². The fraction of sp³-hybridized carbons (Fsp3) is 0.875. The number of nitrogens with zero attached hydrogens (tertiary/aromatic N) is 1. The summed E-state index contributed by atoms with van der Waals surface area (Å²) in [5, 5.41) is 0. The van der Waals surface area contributed by atoms with Gasteiger partial charge in [-0.15, -0.1) is 0 Å². The molecule has 21 heavy (non-hydrogen) atoms. The van der Waals surface area contributed by atoms with E-state index in [1.807, 2.05) is 0 Å². The third-order valence-electron chi connectivity index (χ3n) is 3.10. The first-order chi connectivity index (χ1) is 9.46. The zero-order chi connectivity index (χ0) is 16.3. The molecule has 0 aliphatic carbocycles. The molecule has 1 aliphatic rings. The van der Waals surface area contributed by atoms with Gasteiger partial charge in [-0.1, -0.05) is 13.8 Å². The van der Waals surface area contributed by atoms with Crippen molar-refractivity contribution in [1.82, 2.24) is 4.90 Å². The minimum atomic E-state index is -1.58. The zero-order valence-corrected chi connectivity index (χ0v) is 17.4. The Labute approximate surface area is 134 Å². The Hall–Kier alpha value is -0.266. The number of hydrogen-bond donors (Lipinski definition) is 0. The highest BCUT2D eigenvalue weighted by atomic mass is 28.4. The summed E-state index contributed by atoms with van der Waals surface area (Å²) in [6, 6.07) is 0. The van der Waals surface area contributed by atoms with Crippen LogP contribution in [-0.2, 0) is 8.85 Å². The van der Waals surface area contributed by atoms with Crippen molar-refractivity contribution in [2.45, 2.75) is 66.0 Å². The molecule has 0 saturated carbocycles. The molecule has 0 saturated heterocycles. The van der Waals surface area contributed by atoms with Gasteiger partial charge in [-0.05, 0) is 45.2 Å². The van der Waals surface area contributed by atoms with E-state index in [4.69, 9.17) is 8.85 Å². The Morgan fingerprint density at radius 3 is 1.52 bits per heavy atom. The van der Waals surface area contributed by atoms with E-state index in [2.05, 4.69) is 58.0 Å². The number of rotatable bonds is 6. The van der Waals surface area contributed by atoms with Crippen molar-refractivity contribution >= 4 is 16.6 Å². The fourth-order valence-corrected chi connectivity index (χ4v) is 4.47. The smallest absolute Gasteiger partial charge is 0.241 e. The van der Waals surface area contributed by atoms with E-state index in [1.54, 1.807) is 0 Å². The largest absolute Gasteiger partial charge is 0.545 e. The van der Waals surface area contributed by atoms with Gasteiger partial charge in [0.1, 0.15) is 11.5 Å². The van der Waals surface area contributed by atoms with Crippen LogP contribution in [0.3, 0.4) is 0 Å². The van der Waals surface area contributed by atoms with E-state index in [9.17, 15) is 0 Å². The Morgan fingerprint density at radius 2 is 1.24 bits per heavy atom. The lowest BCUT2D eigenvalue weighted by atomic mass is 10.2. The molecule has 124 valence electrons. The molecular weight excluding hydrogens is 294 g/mol. The first-order valence-corrected chi connectivity index (χ1v) is 15.1. The van der Waals surface area contributed by atoms with E-state index in [-0.39, 0.29) is 0 Å². The Kier molecular flexibility index (Phi) is 6.56. The monoisotopic (exact) mass is 329 g/mol. The van der Waals surface area contributed by atoms with Gasteiger partial charge in [-0.2, -0.15) is 0 Å². The summed E-state index contributed by atoms with van der Waals surface area (Å²) in [5.41, 5.74) is 0. The van der Waals surface area contributed by atoms with Crippen LogP contribution in [0.25, 0.3) is 0 Å². The fourth-order valence-electron chi connectivity index (χ4n) is 2.56. The summed E-state index contributed by atoms with van der Waals surface area (Å²) in [7, 11) is -3.16. The van der Waals surface area contributed by atoms with Crippen molar-refractivity contribution in [2.24, 2.45) is 5.92 Å². The Balaban J connectivity index is 2.85. The van der Waals surface area contributed by atoms with Crippen molar-refractivity contribution in [3.8, 4) is 0 Å². The first-order valence-electron chi connectivity index (χ1n) is 8.29. The summed E-state index contributed by atoms with van der Waals surface area (Å²) in [6.07, 6.45) is 1.99. The van der Waals surface area contributed by atoms with E-state index >= 15 is 0 Å². The average Bonchev–Trinajstić information content (AvgIpc) is 2.39. The summed E-state index contributed by atoms with van der Waals surface area (Å²) in [6.45, 7) is 21.4. The quantitative estimate of drug-likeness (QED) is 0.662. The molecule has 0 spiro atoms. The lowest BCUT2D eigenvalue weighted by Crippen LogP contribution is -2.29. The van der Waals surface area contributed by atoms with Gasteiger partial charge >= 0.3 is 0 Å². The van der Waals surface area contributed by atoms with Crippen molar-refractivity contribution in [3.05, 3.63) is 11.5 Å². The molecule has 0 aromatic rings. The van der Waals surface area contributed by atoms with Crippen LogP contribution in [0.1, 0.15) is 26.7 Å². The molecule has 1 aliphatic heterocycles. The molecule has 0 fully saturated rings. The molecule has 0 N–H and O–H groups in total. The third-order valence-corrected chi connectivity index (χ3v) is 4.82. The number of hydrogen-bond acceptors (Lipinski definition) is 3. The van der Waals surface area contributed by atoms with E-state index in [0.717, 1.165) is 37.4 Å². The van der Waals surface area contributed by atoms with Crippen molar-refractivity contribution in [2.75, 3.05) is 19.6 Å². The van der Waals surface area contributed by atoms with Crippen LogP contribution in [-0.4, -0.2) is 41.2 Å². The van der Waals surface area contributed by atoms with Gasteiger partial charge in [0.25, 0.3) is 0 Å². The molecule has 0 atom stereocenters. The highest BCUT2D eigenvalue weighted by molar-refractivity contribution is 6.70. The lowest BCUT2D eigenvalue weighted by molar-refractivity contribution is 0.246. The van der Waals surface area contributed by atoms with Gasteiger partial charge < -0.3 is 13.8 Å². The average molecular weight is 330 g/mol. The molecule has 0 unspecified atom stereocenters. The normalized spacial score (nSPS) is 18.9. The van der Waals surface area contributed by atoms with Gasteiger partial charge in [-0.25, -0.2) is 0 Å². The first kappa shape index (κ1) is 18.8. The standard InChI is InChI=1S/C16H35NO2Si2/c1-14(2)13-17-11-9-15(18-20(3,4)5)16(10-12-17)19-21(6,7)8/h14H,9-13H2,1-8H3. The van der Waals surface area contributed by atoms with Crippen LogP contribution < -0.4 is 0 Å². The second kappa shape index (κ2) is 7.33. The summed E-state index contributed by atoms with van der Waals surface area (Å²) < 4.78 is 12.7. The van der Waals surface area contributed by atoms with E-state index in [0.29, 0.717) is 5.92 Å². The molecule has 0 aromatic heterocycles. The van der Waals surface area contributed by atoms with Crippen LogP contribution >= 0.6 is 0 Å². The predicted octanol–water partition coefficient (Wildman–Crippen LogP) is 4.65. The Morgan fingerprint density at radius 1 is 0.857 bits per heavy atom. The third kappa shape index (κ3) is 8.07. The minimum Gasteiger partial charge on any atom is -0.545 e. The van der Waals surface area contributed by atoms with Gasteiger partial charge in [0.2, 0.25) is 16.6 Å². The van der Waals surface area contributed by atoms with Gasteiger partial charge in [0.05, 0.1) is 0 Å². The van der Waals surface area contributed by atoms with Crippen LogP contribution in [0, 0.1) is 5.92 Å². The molecule has 5 heteroatoms. The summed E-state index contributed by atoms with van der Waals surface area (Å²) in [5.74, 6) is 3.00. The van der Waals surface area contributed by atoms with E-state index < -0.39 is 16.6 Å². The molecule has 1 rings (SSSR count). The van der Waals surface area contributed by atoms with Crippen molar-refractivity contribution < 1.29 is 8.85 Å². The van der Waals surface area contributed by atoms with Crippen molar-refractivity contribution in [3.63, 3.8) is 0 Å². The zero-order valence-electron chi connectivity index (χ0n) is 15.4. The van der Waals surface area contributed by atoms with Crippen LogP contribution in [0.15, 0.2) is 11.5 Å². The molecule has 0 aromatic carbocycles. The predicted molar refractivity (Wildman–Crippen MR) is 96.4 cm³/mol. The van der Waals surface area contributed by atoms with E-state index in [1.165, 1.54) is 6.54 Å². The molecule has 0 radical (unpaired) electrons. The molecule has 1 heterocycles. The highest BCUT2D eigenvalue weighted by Gasteiger charge is 2.27. The Bertz CT molecular complexity index is 337. The maximum absolute atomic E-state index is 6.36. The minimum absolute atomic E-state index is 0.714. The van der Waals surface area contributed by atoms with Crippen LogP contribution in [0.2, 0.25) is 39.3 Å². The second-order valence-electron chi connectivity index (χ2n) is 8.47. The summed E-state index contributed by atoms with van der Waals surface area (Å²) in [4.78, 5) is 2.55. The molecule has 0 bridgehead atoms. The maximum atomic E-state index is 6.36. The molecular formula is C16H35NO2Si2. The molecule has 3 nitrogen and oxygen atoms in total. The SMILES string of the molecule is CC(C)CN1CCC(O[Si](C)(C)C)=C(O[Si](C)(C)C)CC1. The maximum Gasteiger partial charge on any atom is 0.241 e. The van der Waals surface area contributed by atoms with Gasteiger partial charge in [0, 0.05) is 32.5 Å². The molecule has 0 amide bonds. The van der Waals surface area contributed by atoms with Crippen LogP contribution in [0.5, 0.6) is 0 Å². The van der Waals surface area contributed by atoms with Gasteiger partial charge in [-0.3, -0.25) is 0 Å². The topological polar surface area (TPSA) is 21.7 Å². The highest BCUT2D eigenvalue weighted by Crippen LogP contribution is 2.27. The summed E-state index contributed by atoms with van der Waals surface area (Å²) >= 11 is 0.